The van der Waals surface area contributed by atoms with Crippen molar-refractivity contribution < 1.29 is 9.59 Å². The highest BCUT2D eigenvalue weighted by Crippen LogP contribution is 2.19. The number of hydrogen-bond acceptors (Lipinski definition) is 3. The van der Waals surface area contributed by atoms with Crippen LogP contribution >= 0.6 is 27.5 Å². The van der Waals surface area contributed by atoms with E-state index in [1.807, 2.05) is 12.1 Å². The molecule has 1 aromatic heterocycles. The quantitative estimate of drug-likeness (QED) is 0.642. The van der Waals surface area contributed by atoms with E-state index in [2.05, 4.69) is 31.7 Å². The lowest BCUT2D eigenvalue weighted by atomic mass is 10.2. The molecule has 3 aromatic rings. The van der Waals surface area contributed by atoms with E-state index in [0.717, 1.165) is 4.47 Å². The molecule has 0 aliphatic heterocycles. The summed E-state index contributed by atoms with van der Waals surface area (Å²) in [5.41, 5.74) is 1.17. The number of rotatable bonds is 4. The van der Waals surface area contributed by atoms with E-state index in [0.29, 0.717) is 22.1 Å². The molecule has 2 N–H and O–H groups in total. The zero-order valence-corrected chi connectivity index (χ0v) is 16.0. The third kappa shape index (κ3) is 4.12. The molecule has 1 heterocycles. The van der Waals surface area contributed by atoms with Crippen LogP contribution in [0.3, 0.4) is 0 Å². The number of aryl methyl sites for hydroxylation is 1. The predicted molar refractivity (Wildman–Crippen MR) is 105 cm³/mol. The number of aromatic nitrogens is 2. The Kier molecular flexibility index (Phi) is 5.39. The molecule has 26 heavy (non-hydrogen) atoms. The number of nitrogens with one attached hydrogen (secondary N) is 2. The van der Waals surface area contributed by atoms with Gasteiger partial charge in [-0.15, -0.1) is 0 Å². The number of amides is 2. The highest BCUT2D eigenvalue weighted by atomic mass is 79.9. The van der Waals surface area contributed by atoms with Gasteiger partial charge in [-0.3, -0.25) is 14.3 Å². The average molecular weight is 434 g/mol. The molecule has 0 saturated carbocycles. The number of benzene rings is 2. The SMILES string of the molecule is Cn1nc(C(=O)Nc2ccc(Br)cc2)cc1NC(=O)c1ccccc1Cl. The van der Waals surface area contributed by atoms with Gasteiger partial charge in [-0.2, -0.15) is 5.10 Å². The summed E-state index contributed by atoms with van der Waals surface area (Å²) >= 11 is 9.37. The molecule has 0 bridgehead atoms. The van der Waals surface area contributed by atoms with Crippen molar-refractivity contribution in [2.45, 2.75) is 0 Å². The van der Waals surface area contributed by atoms with E-state index in [1.54, 1.807) is 43.4 Å². The van der Waals surface area contributed by atoms with Gasteiger partial charge in [0.1, 0.15) is 5.82 Å². The normalized spacial score (nSPS) is 10.4. The van der Waals surface area contributed by atoms with Gasteiger partial charge >= 0.3 is 0 Å². The number of anilines is 2. The van der Waals surface area contributed by atoms with Crippen LogP contribution in [-0.2, 0) is 7.05 Å². The summed E-state index contributed by atoms with van der Waals surface area (Å²) < 4.78 is 2.34. The second kappa shape index (κ2) is 7.72. The molecule has 0 unspecified atom stereocenters. The van der Waals surface area contributed by atoms with E-state index in [-0.39, 0.29) is 17.5 Å². The standard InChI is InChI=1S/C18H14BrClN4O2/c1-24-16(22-17(25)13-4-2-3-5-14(13)20)10-15(23-24)18(26)21-12-8-6-11(19)7-9-12/h2-10H,1H3,(H,21,26)(H,22,25). The molecule has 8 heteroatoms. The first-order valence-corrected chi connectivity index (χ1v) is 8.78. The zero-order chi connectivity index (χ0) is 18.7. The van der Waals surface area contributed by atoms with Crippen molar-refractivity contribution in [3.8, 4) is 0 Å². The number of nitrogens with zero attached hydrogens (tertiary/aromatic N) is 2. The third-order valence-corrected chi connectivity index (χ3v) is 4.43. The fraction of sp³-hybridized carbons (Fsp3) is 0.0556. The van der Waals surface area contributed by atoms with E-state index in [9.17, 15) is 9.59 Å². The van der Waals surface area contributed by atoms with Crippen molar-refractivity contribution >= 4 is 50.9 Å². The molecule has 132 valence electrons. The van der Waals surface area contributed by atoms with Crippen molar-refractivity contribution in [2.24, 2.45) is 7.05 Å². The molecule has 0 radical (unpaired) electrons. The lowest BCUT2D eigenvalue weighted by Gasteiger charge is -2.06. The van der Waals surface area contributed by atoms with Crippen LogP contribution in [-0.4, -0.2) is 21.6 Å². The Hall–Kier alpha value is -2.64. The van der Waals surface area contributed by atoms with Crippen molar-refractivity contribution in [2.75, 3.05) is 10.6 Å². The molecule has 2 aromatic carbocycles. The van der Waals surface area contributed by atoms with Crippen LogP contribution in [0.4, 0.5) is 11.5 Å². The van der Waals surface area contributed by atoms with Gasteiger partial charge in [0.2, 0.25) is 0 Å². The maximum Gasteiger partial charge on any atom is 0.276 e. The Balaban J connectivity index is 1.74. The fourth-order valence-corrected chi connectivity index (χ4v) is 2.74. The van der Waals surface area contributed by atoms with Crippen LogP contribution in [0.5, 0.6) is 0 Å². The first-order valence-electron chi connectivity index (χ1n) is 7.61. The van der Waals surface area contributed by atoms with Gasteiger partial charge in [0.25, 0.3) is 11.8 Å². The van der Waals surface area contributed by atoms with Crippen LogP contribution in [0.2, 0.25) is 5.02 Å². The second-order valence-corrected chi connectivity index (χ2v) is 6.76. The summed E-state index contributed by atoms with van der Waals surface area (Å²) in [6.07, 6.45) is 0. The Labute approximate surface area is 163 Å². The smallest absolute Gasteiger partial charge is 0.276 e. The maximum absolute atomic E-state index is 12.3. The van der Waals surface area contributed by atoms with Gasteiger partial charge in [0.05, 0.1) is 10.6 Å². The second-order valence-electron chi connectivity index (χ2n) is 5.43. The van der Waals surface area contributed by atoms with Crippen molar-refractivity contribution in [1.82, 2.24) is 9.78 Å². The van der Waals surface area contributed by atoms with Crippen LogP contribution in [0.25, 0.3) is 0 Å². The minimum atomic E-state index is -0.376. The molecule has 0 spiro atoms. The topological polar surface area (TPSA) is 76.0 Å². The Bertz CT molecular complexity index is 970. The Morgan fingerprint density at radius 1 is 1.04 bits per heavy atom. The first-order chi connectivity index (χ1) is 12.4. The van der Waals surface area contributed by atoms with Crippen molar-refractivity contribution in [3.63, 3.8) is 0 Å². The predicted octanol–water partition coefficient (Wildman–Crippen LogP) is 4.34. The summed E-state index contributed by atoms with van der Waals surface area (Å²) in [6.45, 7) is 0. The summed E-state index contributed by atoms with van der Waals surface area (Å²) in [5, 5.41) is 9.94. The van der Waals surface area contributed by atoms with Crippen molar-refractivity contribution in [1.29, 1.82) is 0 Å². The Morgan fingerprint density at radius 3 is 2.42 bits per heavy atom. The van der Waals surface area contributed by atoms with Gasteiger partial charge in [0.15, 0.2) is 5.69 Å². The number of carbonyl (C=O) groups is 2. The van der Waals surface area contributed by atoms with E-state index in [4.69, 9.17) is 11.6 Å². The maximum atomic E-state index is 12.3. The number of carbonyl (C=O) groups excluding carboxylic acids is 2. The molecule has 0 fully saturated rings. The Morgan fingerprint density at radius 2 is 1.73 bits per heavy atom. The zero-order valence-electron chi connectivity index (χ0n) is 13.7. The number of halogens is 2. The van der Waals surface area contributed by atoms with Gasteiger partial charge in [-0.25, -0.2) is 0 Å². The molecular weight excluding hydrogens is 420 g/mol. The minimum absolute atomic E-state index is 0.185. The van der Waals surface area contributed by atoms with Gasteiger partial charge in [0, 0.05) is 23.3 Å². The summed E-state index contributed by atoms with van der Waals surface area (Å²) in [4.78, 5) is 24.7. The fourth-order valence-electron chi connectivity index (χ4n) is 2.25. The summed E-state index contributed by atoms with van der Waals surface area (Å²) in [7, 11) is 1.64. The molecular formula is C18H14BrClN4O2. The largest absolute Gasteiger partial charge is 0.321 e. The molecule has 0 saturated heterocycles. The van der Waals surface area contributed by atoms with Gasteiger partial charge in [-0.1, -0.05) is 39.7 Å². The molecule has 2 amide bonds. The van der Waals surface area contributed by atoms with Gasteiger partial charge < -0.3 is 10.6 Å². The van der Waals surface area contributed by atoms with Crippen molar-refractivity contribution in [3.05, 3.63) is 75.4 Å². The van der Waals surface area contributed by atoms with E-state index >= 15 is 0 Å². The van der Waals surface area contributed by atoms with Crippen LogP contribution in [0.15, 0.2) is 59.1 Å². The van der Waals surface area contributed by atoms with Gasteiger partial charge in [-0.05, 0) is 36.4 Å². The van der Waals surface area contributed by atoms with E-state index < -0.39 is 0 Å². The van der Waals surface area contributed by atoms with Crippen LogP contribution in [0, 0.1) is 0 Å². The summed E-state index contributed by atoms with van der Waals surface area (Å²) in [5.74, 6) is -0.365. The molecule has 6 nitrogen and oxygen atoms in total. The lowest BCUT2D eigenvalue weighted by molar-refractivity contribution is 0.101. The van der Waals surface area contributed by atoms with Crippen LogP contribution in [0.1, 0.15) is 20.8 Å². The lowest BCUT2D eigenvalue weighted by Crippen LogP contribution is -2.14. The first kappa shape index (κ1) is 18.2. The molecule has 0 aliphatic carbocycles. The minimum Gasteiger partial charge on any atom is -0.321 e. The summed E-state index contributed by atoms with van der Waals surface area (Å²) in [6, 6.07) is 15.4. The highest BCUT2D eigenvalue weighted by molar-refractivity contribution is 9.10. The van der Waals surface area contributed by atoms with Crippen LogP contribution < -0.4 is 10.6 Å². The third-order valence-electron chi connectivity index (χ3n) is 3.57. The average Bonchev–Trinajstić information content (AvgIpc) is 2.98. The number of hydrogen-bond donors (Lipinski definition) is 2. The molecule has 0 aliphatic rings. The molecule has 3 rings (SSSR count). The molecule has 0 atom stereocenters. The monoisotopic (exact) mass is 432 g/mol. The van der Waals surface area contributed by atoms with E-state index in [1.165, 1.54) is 10.7 Å². The highest BCUT2D eigenvalue weighted by Gasteiger charge is 2.16.